The highest BCUT2D eigenvalue weighted by Gasteiger charge is 2.29. The lowest BCUT2D eigenvalue weighted by atomic mass is 10.2. The maximum absolute atomic E-state index is 12.3. The van der Waals surface area contributed by atoms with Crippen molar-refractivity contribution in [2.24, 2.45) is 0 Å². The van der Waals surface area contributed by atoms with Gasteiger partial charge in [-0.15, -0.1) is 11.3 Å². The van der Waals surface area contributed by atoms with Crippen molar-refractivity contribution in [2.75, 3.05) is 19.6 Å². The van der Waals surface area contributed by atoms with Gasteiger partial charge in [0, 0.05) is 23.4 Å². The normalized spacial score (nSPS) is 19.8. The Hall–Kier alpha value is -1.66. The number of hydrogen-bond donors (Lipinski definition) is 1. The van der Waals surface area contributed by atoms with E-state index < -0.39 is 0 Å². The number of aromatic nitrogens is 1. The molecular weight excluding hydrogens is 310 g/mol. The molecule has 2 aromatic rings. The molecular formula is C17H21N3O2S. The van der Waals surface area contributed by atoms with Crippen LogP contribution in [-0.2, 0) is 0 Å². The summed E-state index contributed by atoms with van der Waals surface area (Å²) in [6.07, 6.45) is 4.77. The first kappa shape index (κ1) is 14.9. The Kier molecular flexibility index (Phi) is 4.18. The molecule has 1 saturated heterocycles. The molecule has 1 amide bonds. The minimum absolute atomic E-state index is 0.138. The standard InChI is InChI=1S/C17H21N3O2S/c21-17(13-10-15(22-19-13)12-5-6-12)18-11-14(16-4-3-9-23-16)20-7-1-2-8-20/h3-4,9-10,12,14H,1-2,5-8,11H2,(H,18,21)/t14-/m0/s1. The molecule has 0 bridgehead atoms. The lowest BCUT2D eigenvalue weighted by molar-refractivity contribution is 0.0929. The van der Waals surface area contributed by atoms with Crippen LogP contribution in [-0.4, -0.2) is 35.6 Å². The minimum atomic E-state index is -0.138. The highest BCUT2D eigenvalue weighted by atomic mass is 32.1. The van der Waals surface area contributed by atoms with Crippen molar-refractivity contribution >= 4 is 17.2 Å². The van der Waals surface area contributed by atoms with E-state index in [1.54, 1.807) is 17.4 Å². The summed E-state index contributed by atoms with van der Waals surface area (Å²) in [5, 5.41) is 9.05. The van der Waals surface area contributed by atoms with Crippen molar-refractivity contribution in [3.05, 3.63) is 39.9 Å². The molecule has 1 atom stereocenters. The molecule has 1 N–H and O–H groups in total. The first-order chi connectivity index (χ1) is 11.3. The van der Waals surface area contributed by atoms with Crippen LogP contribution < -0.4 is 5.32 Å². The maximum atomic E-state index is 12.3. The Morgan fingerprint density at radius 3 is 2.96 bits per heavy atom. The topological polar surface area (TPSA) is 58.4 Å². The Morgan fingerprint density at radius 1 is 1.43 bits per heavy atom. The van der Waals surface area contributed by atoms with E-state index in [1.807, 2.05) is 0 Å². The second kappa shape index (κ2) is 6.45. The summed E-state index contributed by atoms with van der Waals surface area (Å²) in [6.45, 7) is 2.83. The maximum Gasteiger partial charge on any atom is 0.273 e. The molecule has 3 heterocycles. The van der Waals surface area contributed by atoms with Gasteiger partial charge in [0.2, 0.25) is 0 Å². The van der Waals surface area contributed by atoms with E-state index >= 15 is 0 Å². The van der Waals surface area contributed by atoms with Crippen LogP contribution in [0.1, 0.15) is 58.8 Å². The molecule has 2 fully saturated rings. The molecule has 5 nitrogen and oxygen atoms in total. The van der Waals surface area contributed by atoms with Gasteiger partial charge in [-0.05, 0) is 50.2 Å². The van der Waals surface area contributed by atoms with Gasteiger partial charge in [-0.2, -0.15) is 0 Å². The number of nitrogens with one attached hydrogen (secondary N) is 1. The van der Waals surface area contributed by atoms with Crippen LogP contribution in [0.4, 0.5) is 0 Å². The average molecular weight is 331 g/mol. The summed E-state index contributed by atoms with van der Waals surface area (Å²) in [4.78, 5) is 16.1. The van der Waals surface area contributed by atoms with Crippen LogP contribution >= 0.6 is 11.3 Å². The SMILES string of the molecule is O=C(NC[C@@H](c1cccs1)N1CCCC1)c1cc(C2CC2)on1. The van der Waals surface area contributed by atoms with Crippen LogP contribution in [0.25, 0.3) is 0 Å². The number of nitrogens with zero attached hydrogens (tertiary/aromatic N) is 2. The summed E-state index contributed by atoms with van der Waals surface area (Å²) < 4.78 is 5.27. The lowest BCUT2D eigenvalue weighted by Gasteiger charge is -2.26. The Labute approximate surface area is 139 Å². The van der Waals surface area contributed by atoms with Crippen LogP contribution in [0.15, 0.2) is 28.1 Å². The van der Waals surface area contributed by atoms with E-state index in [-0.39, 0.29) is 11.9 Å². The third-order valence-corrected chi connectivity index (χ3v) is 5.62. The van der Waals surface area contributed by atoms with E-state index in [4.69, 9.17) is 4.52 Å². The van der Waals surface area contributed by atoms with Gasteiger partial charge in [0.1, 0.15) is 5.76 Å². The number of likely N-dealkylation sites (tertiary alicyclic amines) is 1. The number of carbonyl (C=O) groups excluding carboxylic acids is 1. The smallest absolute Gasteiger partial charge is 0.273 e. The van der Waals surface area contributed by atoms with E-state index in [0.29, 0.717) is 18.2 Å². The van der Waals surface area contributed by atoms with Crippen LogP contribution in [0.3, 0.4) is 0 Å². The number of carbonyl (C=O) groups is 1. The summed E-state index contributed by atoms with van der Waals surface area (Å²) in [7, 11) is 0. The molecule has 0 unspecified atom stereocenters. The molecule has 122 valence electrons. The van der Waals surface area contributed by atoms with E-state index in [1.165, 1.54) is 17.7 Å². The Balaban J connectivity index is 1.41. The van der Waals surface area contributed by atoms with Crippen molar-refractivity contribution in [2.45, 2.75) is 37.6 Å². The molecule has 0 spiro atoms. The molecule has 1 aliphatic carbocycles. The van der Waals surface area contributed by atoms with Gasteiger partial charge in [-0.3, -0.25) is 9.69 Å². The molecule has 2 aromatic heterocycles. The highest BCUT2D eigenvalue weighted by Crippen LogP contribution is 2.40. The van der Waals surface area contributed by atoms with Gasteiger partial charge in [-0.1, -0.05) is 11.2 Å². The number of rotatable bonds is 6. The summed E-state index contributed by atoms with van der Waals surface area (Å²) in [5.41, 5.74) is 0.401. The van der Waals surface area contributed by atoms with Crippen molar-refractivity contribution < 1.29 is 9.32 Å². The van der Waals surface area contributed by atoms with Crippen molar-refractivity contribution in [3.63, 3.8) is 0 Å². The fourth-order valence-corrected chi connectivity index (χ4v) is 4.04. The Bertz CT molecular complexity index is 657. The molecule has 1 saturated carbocycles. The van der Waals surface area contributed by atoms with Crippen molar-refractivity contribution in [1.82, 2.24) is 15.4 Å². The first-order valence-electron chi connectivity index (χ1n) is 8.33. The molecule has 6 heteroatoms. The fraction of sp³-hybridized carbons (Fsp3) is 0.529. The van der Waals surface area contributed by atoms with Crippen LogP contribution in [0.5, 0.6) is 0 Å². The van der Waals surface area contributed by atoms with Crippen molar-refractivity contribution in [3.8, 4) is 0 Å². The zero-order chi connectivity index (χ0) is 15.6. The fourth-order valence-electron chi connectivity index (χ4n) is 3.18. The molecule has 1 aliphatic heterocycles. The number of thiophene rings is 1. The first-order valence-corrected chi connectivity index (χ1v) is 9.21. The van der Waals surface area contributed by atoms with Gasteiger partial charge in [0.05, 0.1) is 6.04 Å². The van der Waals surface area contributed by atoms with E-state index in [9.17, 15) is 4.79 Å². The highest BCUT2D eigenvalue weighted by molar-refractivity contribution is 7.10. The molecule has 2 aliphatic rings. The van der Waals surface area contributed by atoms with Gasteiger partial charge < -0.3 is 9.84 Å². The molecule has 0 radical (unpaired) electrons. The zero-order valence-corrected chi connectivity index (χ0v) is 13.8. The minimum Gasteiger partial charge on any atom is -0.360 e. The quantitative estimate of drug-likeness (QED) is 0.883. The van der Waals surface area contributed by atoms with Gasteiger partial charge in [0.25, 0.3) is 5.91 Å². The van der Waals surface area contributed by atoms with Gasteiger partial charge in [0.15, 0.2) is 5.69 Å². The molecule has 0 aromatic carbocycles. The summed E-state index contributed by atoms with van der Waals surface area (Å²) >= 11 is 1.75. The third kappa shape index (κ3) is 3.33. The summed E-state index contributed by atoms with van der Waals surface area (Å²) in [5.74, 6) is 1.19. The molecule has 23 heavy (non-hydrogen) atoms. The zero-order valence-electron chi connectivity index (χ0n) is 13.0. The predicted molar refractivity (Wildman–Crippen MR) is 88.7 cm³/mol. The van der Waals surface area contributed by atoms with Gasteiger partial charge >= 0.3 is 0 Å². The van der Waals surface area contributed by atoms with E-state index in [2.05, 4.69) is 32.9 Å². The second-order valence-corrected chi connectivity index (χ2v) is 7.35. The lowest BCUT2D eigenvalue weighted by Crippen LogP contribution is -2.36. The third-order valence-electron chi connectivity index (χ3n) is 4.65. The number of amides is 1. The largest absolute Gasteiger partial charge is 0.360 e. The average Bonchev–Trinajstić information content (AvgIpc) is 3.06. The monoisotopic (exact) mass is 331 g/mol. The van der Waals surface area contributed by atoms with Crippen molar-refractivity contribution in [1.29, 1.82) is 0 Å². The second-order valence-electron chi connectivity index (χ2n) is 6.37. The van der Waals surface area contributed by atoms with Gasteiger partial charge in [-0.25, -0.2) is 0 Å². The van der Waals surface area contributed by atoms with Crippen LogP contribution in [0, 0.1) is 0 Å². The predicted octanol–water partition coefficient (Wildman–Crippen LogP) is 3.18. The molecule has 4 rings (SSSR count). The summed E-state index contributed by atoms with van der Waals surface area (Å²) in [6, 6.07) is 6.28. The Morgan fingerprint density at radius 2 is 2.26 bits per heavy atom. The van der Waals surface area contributed by atoms with Crippen LogP contribution in [0.2, 0.25) is 0 Å². The van der Waals surface area contributed by atoms with E-state index in [0.717, 1.165) is 31.7 Å². The number of hydrogen-bond acceptors (Lipinski definition) is 5.